The maximum atomic E-state index is 5.76. The summed E-state index contributed by atoms with van der Waals surface area (Å²) < 4.78 is 5.76. The highest BCUT2D eigenvalue weighted by molar-refractivity contribution is 5.72. The molecule has 0 saturated heterocycles. The SMILES string of the molecule is CCCCC(CC)CCc1nc2ccccc2o1. The topological polar surface area (TPSA) is 26.0 Å². The second-order valence-corrected chi connectivity index (χ2v) is 5.03. The molecule has 0 aliphatic carbocycles. The van der Waals surface area contributed by atoms with Crippen molar-refractivity contribution in [1.29, 1.82) is 0 Å². The molecule has 0 radical (unpaired) electrons. The Labute approximate surface area is 109 Å². The van der Waals surface area contributed by atoms with E-state index in [1.54, 1.807) is 0 Å². The van der Waals surface area contributed by atoms with Crippen molar-refractivity contribution in [3.05, 3.63) is 30.2 Å². The molecule has 0 spiro atoms. The molecule has 0 bridgehead atoms. The van der Waals surface area contributed by atoms with Crippen LogP contribution in [0.15, 0.2) is 28.7 Å². The third kappa shape index (κ3) is 3.34. The summed E-state index contributed by atoms with van der Waals surface area (Å²) in [6.45, 7) is 4.54. The van der Waals surface area contributed by atoms with Crippen LogP contribution in [0.4, 0.5) is 0 Å². The van der Waals surface area contributed by atoms with Gasteiger partial charge in [-0.15, -0.1) is 0 Å². The van der Waals surface area contributed by atoms with Crippen LogP contribution in [-0.4, -0.2) is 4.98 Å². The molecule has 18 heavy (non-hydrogen) atoms. The van der Waals surface area contributed by atoms with Crippen molar-refractivity contribution >= 4 is 11.1 Å². The summed E-state index contributed by atoms with van der Waals surface area (Å²) in [6.07, 6.45) is 7.40. The van der Waals surface area contributed by atoms with Crippen LogP contribution in [0.25, 0.3) is 11.1 Å². The molecule has 1 aromatic heterocycles. The summed E-state index contributed by atoms with van der Waals surface area (Å²) in [5.74, 6) is 1.71. The third-order valence-corrected chi connectivity index (χ3v) is 3.65. The Morgan fingerprint density at radius 2 is 2.00 bits per heavy atom. The fourth-order valence-electron chi connectivity index (χ4n) is 2.40. The van der Waals surface area contributed by atoms with Gasteiger partial charge in [0.15, 0.2) is 11.5 Å². The Hall–Kier alpha value is -1.31. The minimum absolute atomic E-state index is 0.819. The Kier molecular flexibility index (Phi) is 4.80. The fraction of sp³-hybridized carbons (Fsp3) is 0.562. The van der Waals surface area contributed by atoms with Gasteiger partial charge in [0.1, 0.15) is 5.52 Å². The number of aryl methyl sites for hydroxylation is 1. The number of fused-ring (bicyclic) bond motifs is 1. The van der Waals surface area contributed by atoms with Gasteiger partial charge in [0.25, 0.3) is 0 Å². The smallest absolute Gasteiger partial charge is 0.195 e. The molecule has 0 aliphatic heterocycles. The van der Waals surface area contributed by atoms with E-state index in [1.807, 2.05) is 24.3 Å². The van der Waals surface area contributed by atoms with E-state index in [-0.39, 0.29) is 0 Å². The maximum Gasteiger partial charge on any atom is 0.195 e. The summed E-state index contributed by atoms with van der Waals surface area (Å²) in [5, 5.41) is 0. The number of oxazole rings is 1. The van der Waals surface area contributed by atoms with Gasteiger partial charge in [0.05, 0.1) is 0 Å². The second kappa shape index (κ2) is 6.58. The first-order valence-corrected chi connectivity index (χ1v) is 7.18. The molecular weight excluding hydrogens is 222 g/mol. The molecule has 2 nitrogen and oxygen atoms in total. The summed E-state index contributed by atoms with van der Waals surface area (Å²) in [4.78, 5) is 4.53. The number of para-hydroxylation sites is 2. The Morgan fingerprint density at radius 1 is 1.17 bits per heavy atom. The zero-order chi connectivity index (χ0) is 12.8. The van der Waals surface area contributed by atoms with Crippen molar-refractivity contribution < 1.29 is 4.42 Å². The van der Waals surface area contributed by atoms with E-state index in [0.29, 0.717) is 0 Å². The van der Waals surface area contributed by atoms with E-state index in [2.05, 4.69) is 18.8 Å². The molecule has 2 rings (SSSR count). The van der Waals surface area contributed by atoms with Gasteiger partial charge in [-0.1, -0.05) is 51.7 Å². The molecule has 0 N–H and O–H groups in total. The van der Waals surface area contributed by atoms with Crippen molar-refractivity contribution in [3.8, 4) is 0 Å². The second-order valence-electron chi connectivity index (χ2n) is 5.03. The van der Waals surface area contributed by atoms with Gasteiger partial charge in [0.2, 0.25) is 0 Å². The van der Waals surface area contributed by atoms with Gasteiger partial charge >= 0.3 is 0 Å². The molecule has 2 heteroatoms. The van der Waals surface area contributed by atoms with Crippen LogP contribution in [0, 0.1) is 5.92 Å². The van der Waals surface area contributed by atoms with Gasteiger partial charge in [-0.05, 0) is 24.5 Å². The van der Waals surface area contributed by atoms with Gasteiger partial charge in [0, 0.05) is 6.42 Å². The van der Waals surface area contributed by atoms with Crippen LogP contribution >= 0.6 is 0 Å². The van der Waals surface area contributed by atoms with Crippen molar-refractivity contribution in [3.63, 3.8) is 0 Å². The van der Waals surface area contributed by atoms with Crippen molar-refractivity contribution in [1.82, 2.24) is 4.98 Å². The molecule has 2 aromatic rings. The van der Waals surface area contributed by atoms with E-state index >= 15 is 0 Å². The molecule has 0 aliphatic rings. The number of nitrogens with zero attached hydrogens (tertiary/aromatic N) is 1. The molecule has 1 atom stereocenters. The number of hydrogen-bond donors (Lipinski definition) is 0. The van der Waals surface area contributed by atoms with E-state index in [9.17, 15) is 0 Å². The molecular formula is C16H23NO. The van der Waals surface area contributed by atoms with Crippen LogP contribution in [0.3, 0.4) is 0 Å². The fourth-order valence-corrected chi connectivity index (χ4v) is 2.40. The van der Waals surface area contributed by atoms with E-state index in [1.165, 1.54) is 32.1 Å². The quantitative estimate of drug-likeness (QED) is 0.687. The van der Waals surface area contributed by atoms with Crippen LogP contribution in [-0.2, 0) is 6.42 Å². The minimum atomic E-state index is 0.819. The summed E-state index contributed by atoms with van der Waals surface area (Å²) >= 11 is 0. The molecule has 98 valence electrons. The Morgan fingerprint density at radius 3 is 2.72 bits per heavy atom. The third-order valence-electron chi connectivity index (χ3n) is 3.65. The van der Waals surface area contributed by atoms with E-state index < -0.39 is 0 Å². The lowest BCUT2D eigenvalue weighted by Crippen LogP contribution is -2.01. The Bertz CT molecular complexity index is 442. The normalized spacial score (nSPS) is 13.0. The first kappa shape index (κ1) is 13.1. The first-order valence-electron chi connectivity index (χ1n) is 7.18. The summed E-state index contributed by atoms with van der Waals surface area (Å²) in [5.41, 5.74) is 1.89. The lowest BCUT2D eigenvalue weighted by molar-refractivity contribution is 0.399. The number of benzene rings is 1. The highest BCUT2D eigenvalue weighted by Gasteiger charge is 2.09. The van der Waals surface area contributed by atoms with Crippen molar-refractivity contribution in [2.75, 3.05) is 0 Å². The largest absolute Gasteiger partial charge is 0.441 e. The van der Waals surface area contributed by atoms with Crippen LogP contribution < -0.4 is 0 Å². The average Bonchev–Trinajstić information content (AvgIpc) is 2.81. The number of unbranched alkanes of at least 4 members (excludes halogenated alkanes) is 1. The Balaban J connectivity index is 1.92. The minimum Gasteiger partial charge on any atom is -0.441 e. The monoisotopic (exact) mass is 245 g/mol. The maximum absolute atomic E-state index is 5.76. The number of rotatable bonds is 7. The number of hydrogen-bond acceptors (Lipinski definition) is 2. The highest BCUT2D eigenvalue weighted by Crippen LogP contribution is 2.21. The molecule has 1 unspecified atom stereocenters. The van der Waals surface area contributed by atoms with Crippen molar-refractivity contribution in [2.45, 2.75) is 52.4 Å². The zero-order valence-electron chi connectivity index (χ0n) is 11.5. The zero-order valence-corrected chi connectivity index (χ0v) is 11.5. The standard InChI is InChI=1S/C16H23NO/c1-3-5-8-13(4-2)11-12-16-17-14-9-6-7-10-15(14)18-16/h6-7,9-10,13H,3-5,8,11-12H2,1-2H3. The first-order chi connectivity index (χ1) is 8.83. The summed E-state index contributed by atoms with van der Waals surface area (Å²) in [7, 11) is 0. The highest BCUT2D eigenvalue weighted by atomic mass is 16.3. The van der Waals surface area contributed by atoms with Gasteiger partial charge in [-0.2, -0.15) is 0 Å². The van der Waals surface area contributed by atoms with Gasteiger partial charge < -0.3 is 4.42 Å². The van der Waals surface area contributed by atoms with Crippen LogP contribution in [0.1, 0.15) is 51.8 Å². The molecule has 0 saturated carbocycles. The van der Waals surface area contributed by atoms with Gasteiger partial charge in [-0.25, -0.2) is 4.98 Å². The predicted octanol–water partition coefficient (Wildman–Crippen LogP) is 4.98. The lowest BCUT2D eigenvalue weighted by Gasteiger charge is -2.12. The van der Waals surface area contributed by atoms with Crippen molar-refractivity contribution in [2.24, 2.45) is 5.92 Å². The lowest BCUT2D eigenvalue weighted by atomic mass is 9.94. The van der Waals surface area contributed by atoms with Gasteiger partial charge in [-0.3, -0.25) is 0 Å². The predicted molar refractivity (Wildman–Crippen MR) is 75.6 cm³/mol. The number of aromatic nitrogens is 1. The summed E-state index contributed by atoms with van der Waals surface area (Å²) in [6, 6.07) is 8.00. The van der Waals surface area contributed by atoms with Crippen LogP contribution in [0.2, 0.25) is 0 Å². The van der Waals surface area contributed by atoms with Crippen LogP contribution in [0.5, 0.6) is 0 Å². The van der Waals surface area contributed by atoms with E-state index in [4.69, 9.17) is 4.42 Å². The molecule has 0 amide bonds. The molecule has 0 fully saturated rings. The molecule has 1 aromatic carbocycles. The average molecular weight is 245 g/mol. The van der Waals surface area contributed by atoms with E-state index in [0.717, 1.165) is 29.3 Å². The molecule has 1 heterocycles.